The summed E-state index contributed by atoms with van der Waals surface area (Å²) in [7, 11) is 1.74. The van der Waals surface area contributed by atoms with Crippen molar-refractivity contribution in [2.75, 3.05) is 10.6 Å². The van der Waals surface area contributed by atoms with Crippen molar-refractivity contribution in [3.05, 3.63) is 57.9 Å². The zero-order chi connectivity index (χ0) is 25.1. The normalized spacial score (nSPS) is 17.5. The number of carbonyl (C=O) groups is 2. The van der Waals surface area contributed by atoms with Crippen LogP contribution in [0.15, 0.2) is 29.5 Å². The van der Waals surface area contributed by atoms with Crippen molar-refractivity contribution in [3.63, 3.8) is 0 Å². The maximum atomic E-state index is 14.3. The summed E-state index contributed by atoms with van der Waals surface area (Å²) < 4.78 is 30.2. The number of hydrogen-bond acceptors (Lipinski definition) is 6. The quantitative estimate of drug-likeness (QED) is 0.230. The van der Waals surface area contributed by atoms with E-state index in [0.717, 1.165) is 30.7 Å². The van der Waals surface area contributed by atoms with E-state index in [2.05, 4.69) is 30.7 Å². The van der Waals surface area contributed by atoms with Gasteiger partial charge in [-0.25, -0.2) is 18.6 Å². The largest absolute Gasteiger partial charge is 0.465 e. The van der Waals surface area contributed by atoms with Gasteiger partial charge in [0.05, 0.1) is 23.1 Å². The zero-order valence-electron chi connectivity index (χ0n) is 18.4. The van der Waals surface area contributed by atoms with Crippen LogP contribution in [-0.4, -0.2) is 37.9 Å². The minimum atomic E-state index is -1.46. The van der Waals surface area contributed by atoms with Crippen LogP contribution in [0.1, 0.15) is 47.8 Å². The molecule has 2 heterocycles. The number of halogens is 2. The van der Waals surface area contributed by atoms with Gasteiger partial charge < -0.3 is 10.4 Å². The van der Waals surface area contributed by atoms with E-state index in [0.29, 0.717) is 29.9 Å². The Morgan fingerprint density at radius 2 is 1.91 bits per heavy atom. The Balaban J connectivity index is 1.63. The van der Waals surface area contributed by atoms with Crippen LogP contribution in [-0.2, 0) is 7.05 Å². The zero-order valence-corrected chi connectivity index (χ0v) is 19.2. The molecule has 0 atom stereocenters. The maximum absolute atomic E-state index is 14.3. The number of benzene rings is 1. The Bertz CT molecular complexity index is 1310. The summed E-state index contributed by atoms with van der Waals surface area (Å²) in [5, 5.41) is 21.6. The minimum Gasteiger partial charge on any atom is -0.465 e. The Labute approximate surface area is 201 Å². The van der Waals surface area contributed by atoms with Gasteiger partial charge in [0.15, 0.2) is 5.69 Å². The van der Waals surface area contributed by atoms with Crippen molar-refractivity contribution >= 4 is 34.0 Å². The number of amides is 2. The fourth-order valence-electron chi connectivity index (χ4n) is 4.21. The van der Waals surface area contributed by atoms with Gasteiger partial charge >= 0.3 is 6.09 Å². The first-order chi connectivity index (χ1) is 16.8. The van der Waals surface area contributed by atoms with Crippen LogP contribution in [0.2, 0.25) is 0 Å². The highest BCUT2D eigenvalue weighted by Gasteiger charge is 2.29. The number of rotatable bonds is 6. The lowest BCUT2D eigenvalue weighted by atomic mass is 9.84. The second-order valence-electron chi connectivity index (χ2n) is 7.96. The Morgan fingerprint density at radius 3 is 2.54 bits per heavy atom. The van der Waals surface area contributed by atoms with E-state index < -0.39 is 29.2 Å². The Kier molecular flexibility index (Phi) is 6.94. The lowest BCUT2D eigenvalue weighted by molar-refractivity contribution is 0.102. The van der Waals surface area contributed by atoms with Crippen molar-refractivity contribution in [3.8, 4) is 10.6 Å². The number of aromatic nitrogens is 3. The number of nitrogens with one attached hydrogen (secondary N) is 2. The van der Waals surface area contributed by atoms with Gasteiger partial charge in [-0.2, -0.15) is 5.10 Å². The van der Waals surface area contributed by atoms with Crippen LogP contribution in [0.5, 0.6) is 0 Å². The molecule has 4 rings (SSSR count). The molecule has 0 saturated heterocycles. The van der Waals surface area contributed by atoms with Crippen LogP contribution < -0.4 is 10.6 Å². The SMILES string of the molecule is Cn1ncc(NC(=O)c2nc(-c3c(F)cccc3F)sc2NC(=O)O)c1C1CCC(N=[N+]=[N-])CC1. The van der Waals surface area contributed by atoms with Crippen molar-refractivity contribution in [2.24, 2.45) is 12.2 Å². The average Bonchev–Trinajstić information content (AvgIpc) is 3.37. The number of thiazole rings is 1. The van der Waals surface area contributed by atoms with E-state index in [1.54, 1.807) is 11.7 Å². The highest BCUT2D eigenvalue weighted by atomic mass is 32.1. The van der Waals surface area contributed by atoms with Crippen molar-refractivity contribution < 1.29 is 23.5 Å². The van der Waals surface area contributed by atoms with E-state index in [1.165, 1.54) is 12.3 Å². The van der Waals surface area contributed by atoms with Gasteiger partial charge in [0.2, 0.25) is 0 Å². The molecule has 2 amide bonds. The highest BCUT2D eigenvalue weighted by Crippen LogP contribution is 2.39. The molecular weight excluding hydrogens is 482 g/mol. The van der Waals surface area contributed by atoms with Crippen molar-refractivity contribution in [2.45, 2.75) is 37.6 Å². The molecule has 3 aromatic rings. The Morgan fingerprint density at radius 1 is 1.23 bits per heavy atom. The number of azide groups is 1. The van der Waals surface area contributed by atoms with Gasteiger partial charge in [-0.1, -0.05) is 22.5 Å². The van der Waals surface area contributed by atoms with E-state index in [9.17, 15) is 23.5 Å². The summed E-state index contributed by atoms with van der Waals surface area (Å²) in [5.74, 6) is -2.49. The van der Waals surface area contributed by atoms with Crippen LogP contribution in [0.3, 0.4) is 0 Å². The molecule has 11 nitrogen and oxygen atoms in total. The van der Waals surface area contributed by atoms with Crippen molar-refractivity contribution in [1.29, 1.82) is 0 Å². The predicted molar refractivity (Wildman–Crippen MR) is 124 cm³/mol. The monoisotopic (exact) mass is 502 g/mol. The molecule has 0 spiro atoms. The first-order valence-corrected chi connectivity index (χ1v) is 11.4. The lowest BCUT2D eigenvalue weighted by Gasteiger charge is -2.26. The van der Waals surface area contributed by atoms with Gasteiger partial charge in [-0.15, -0.1) is 0 Å². The number of hydrogen-bond donors (Lipinski definition) is 3. The fraction of sp³-hybridized carbons (Fsp3) is 0.333. The molecule has 1 fully saturated rings. The number of carbonyl (C=O) groups excluding carboxylic acids is 1. The van der Waals surface area contributed by atoms with Gasteiger partial charge in [0.25, 0.3) is 5.91 Å². The molecule has 182 valence electrons. The molecular formula is C21H20F2N8O3S. The molecule has 2 aromatic heterocycles. The highest BCUT2D eigenvalue weighted by molar-refractivity contribution is 7.19. The standard InChI is InChI=1S/C21H20F2N8O3S/c1-31-17(10-5-7-11(8-6-10)29-30-24)14(9-25-31)26-18(32)16-20(28-21(33)34)35-19(27-16)15-12(22)3-2-4-13(15)23/h2-4,9-11,28H,5-8H2,1H3,(H,26,32)(H,33,34). The molecule has 35 heavy (non-hydrogen) atoms. The molecule has 0 aliphatic heterocycles. The summed E-state index contributed by atoms with van der Waals surface area (Å²) >= 11 is 0.646. The summed E-state index contributed by atoms with van der Waals surface area (Å²) in [5.41, 5.74) is 9.06. The number of carboxylic acid groups (broad SMARTS) is 1. The first-order valence-electron chi connectivity index (χ1n) is 10.6. The maximum Gasteiger partial charge on any atom is 0.409 e. The molecule has 1 aliphatic carbocycles. The smallest absolute Gasteiger partial charge is 0.409 e. The average molecular weight is 503 g/mol. The van der Waals surface area contributed by atoms with Gasteiger partial charge in [0, 0.05) is 23.9 Å². The number of anilines is 2. The summed E-state index contributed by atoms with van der Waals surface area (Å²) in [4.78, 5) is 31.3. The van der Waals surface area contributed by atoms with Crippen molar-refractivity contribution in [1.82, 2.24) is 14.8 Å². The summed E-state index contributed by atoms with van der Waals surface area (Å²) in [6.45, 7) is 0. The molecule has 1 aromatic carbocycles. The third-order valence-electron chi connectivity index (χ3n) is 5.77. The predicted octanol–water partition coefficient (Wildman–Crippen LogP) is 5.50. The molecule has 0 unspecified atom stereocenters. The third kappa shape index (κ3) is 5.08. The topological polar surface area (TPSA) is 158 Å². The number of nitrogens with zero attached hydrogens (tertiary/aromatic N) is 6. The Hall–Kier alpha value is -4.03. The second-order valence-corrected chi connectivity index (χ2v) is 8.95. The summed E-state index contributed by atoms with van der Waals surface area (Å²) in [6.07, 6.45) is 2.87. The molecule has 14 heteroatoms. The van der Waals surface area contributed by atoms with E-state index in [-0.39, 0.29) is 27.7 Å². The molecule has 0 radical (unpaired) electrons. The van der Waals surface area contributed by atoms with Crippen LogP contribution >= 0.6 is 11.3 Å². The second kappa shape index (κ2) is 10.1. The van der Waals surface area contributed by atoms with Gasteiger partial charge in [-0.3, -0.25) is 14.8 Å². The summed E-state index contributed by atoms with van der Waals surface area (Å²) in [6, 6.07) is 3.21. The minimum absolute atomic E-state index is 0.0538. The fourth-order valence-corrected chi connectivity index (χ4v) is 5.21. The van der Waals surface area contributed by atoms with E-state index in [4.69, 9.17) is 5.53 Å². The first kappa shape index (κ1) is 24.1. The van der Waals surface area contributed by atoms with E-state index >= 15 is 0 Å². The third-order valence-corrected chi connectivity index (χ3v) is 6.76. The van der Waals surface area contributed by atoms with Crippen LogP contribution in [0.25, 0.3) is 21.0 Å². The van der Waals surface area contributed by atoms with Crippen LogP contribution in [0.4, 0.5) is 24.3 Å². The molecule has 1 saturated carbocycles. The van der Waals surface area contributed by atoms with Gasteiger partial charge in [0.1, 0.15) is 21.6 Å². The lowest BCUT2D eigenvalue weighted by Crippen LogP contribution is -2.20. The number of aryl methyl sites for hydroxylation is 1. The van der Waals surface area contributed by atoms with Crippen LogP contribution in [0, 0.1) is 11.6 Å². The molecule has 1 aliphatic rings. The van der Waals surface area contributed by atoms with Gasteiger partial charge in [-0.05, 0) is 43.3 Å². The van der Waals surface area contributed by atoms with E-state index in [1.807, 2.05) is 0 Å². The molecule has 3 N–H and O–H groups in total. The molecule has 0 bridgehead atoms.